The highest BCUT2D eigenvalue weighted by atomic mass is 19.3. The van der Waals surface area contributed by atoms with Gasteiger partial charge in [-0.25, -0.2) is 30.7 Å². The molecule has 2 aromatic rings. The normalized spacial score (nSPS) is 22.2. The van der Waals surface area contributed by atoms with Crippen LogP contribution < -0.4 is 0 Å². The van der Waals surface area contributed by atoms with Crippen molar-refractivity contribution in [2.45, 2.75) is 82.5 Å². The lowest BCUT2D eigenvalue weighted by molar-refractivity contribution is -0.0200. The third kappa shape index (κ3) is 5.44. The second-order valence-corrected chi connectivity index (χ2v) is 9.95. The molecule has 2 aromatic carbocycles. The summed E-state index contributed by atoms with van der Waals surface area (Å²) in [7, 11) is 0. The number of benzene rings is 2. The van der Waals surface area contributed by atoms with E-state index in [2.05, 4.69) is 0 Å². The van der Waals surface area contributed by atoms with E-state index in [1.165, 1.54) is 32.1 Å². The summed E-state index contributed by atoms with van der Waals surface area (Å²) < 4.78 is 98.7. The fourth-order valence-electron chi connectivity index (χ4n) is 5.89. The third-order valence-corrected chi connectivity index (χ3v) is 7.76. The summed E-state index contributed by atoms with van der Waals surface area (Å²) in [6.45, 7) is 0. The summed E-state index contributed by atoms with van der Waals surface area (Å²) in [5.74, 6) is -9.92. The molecule has 0 N–H and O–H groups in total. The molecule has 0 heterocycles. The van der Waals surface area contributed by atoms with Gasteiger partial charge in [0.2, 0.25) is 0 Å². The first-order valence-electron chi connectivity index (χ1n) is 12.2. The fourth-order valence-corrected chi connectivity index (χ4v) is 5.89. The Morgan fingerprint density at radius 1 is 0.647 bits per heavy atom. The van der Waals surface area contributed by atoms with E-state index in [9.17, 15) is 30.7 Å². The Morgan fingerprint density at radius 3 is 1.74 bits per heavy atom. The molecule has 34 heavy (non-hydrogen) atoms. The molecule has 7 heteroatoms. The van der Waals surface area contributed by atoms with Crippen molar-refractivity contribution in [2.24, 2.45) is 11.8 Å². The van der Waals surface area contributed by atoms with E-state index >= 15 is 0 Å². The molecule has 2 saturated carbocycles. The van der Waals surface area contributed by atoms with Gasteiger partial charge in [-0.05, 0) is 85.3 Å². The Balaban J connectivity index is 1.43. The molecule has 2 fully saturated rings. The average Bonchev–Trinajstić information content (AvgIpc) is 2.81. The molecule has 0 bridgehead atoms. The van der Waals surface area contributed by atoms with Crippen LogP contribution >= 0.6 is 0 Å². The molecule has 0 unspecified atom stereocenters. The Bertz CT molecular complexity index is 956. The molecule has 4 rings (SSSR count). The fraction of sp³-hybridized carbons (Fsp3) is 0.556. The highest BCUT2D eigenvalue weighted by Gasteiger charge is 2.38. The molecule has 0 amide bonds. The van der Waals surface area contributed by atoms with Crippen LogP contribution in [-0.2, 0) is 12.3 Å². The molecule has 2 aliphatic carbocycles. The summed E-state index contributed by atoms with van der Waals surface area (Å²) in [4.78, 5) is 0. The molecule has 0 saturated heterocycles. The monoisotopic (exact) mass is 486 g/mol. The third-order valence-electron chi connectivity index (χ3n) is 7.76. The Kier molecular flexibility index (Phi) is 7.58. The first kappa shape index (κ1) is 25.1. The molecule has 0 radical (unpaired) electrons. The molecule has 0 atom stereocenters. The number of hydrogen-bond donors (Lipinski definition) is 0. The van der Waals surface area contributed by atoms with Crippen LogP contribution in [0.3, 0.4) is 0 Å². The van der Waals surface area contributed by atoms with E-state index < -0.39 is 53.4 Å². The maximum absolute atomic E-state index is 14.7. The van der Waals surface area contributed by atoms with Gasteiger partial charge in [-0.15, -0.1) is 0 Å². The second-order valence-electron chi connectivity index (χ2n) is 9.95. The van der Waals surface area contributed by atoms with Crippen LogP contribution in [0.4, 0.5) is 30.7 Å². The van der Waals surface area contributed by atoms with Crippen molar-refractivity contribution in [3.63, 3.8) is 0 Å². The van der Waals surface area contributed by atoms with Gasteiger partial charge < -0.3 is 0 Å². The van der Waals surface area contributed by atoms with Gasteiger partial charge in [0.1, 0.15) is 11.6 Å². The zero-order valence-electron chi connectivity index (χ0n) is 19.0. The molecule has 0 nitrogen and oxygen atoms in total. The van der Waals surface area contributed by atoms with Crippen LogP contribution in [0.2, 0.25) is 0 Å². The summed E-state index contributed by atoms with van der Waals surface area (Å²) in [5, 5.41) is 0. The maximum atomic E-state index is 14.7. The highest BCUT2D eigenvalue weighted by molar-refractivity contribution is 5.32. The van der Waals surface area contributed by atoms with Gasteiger partial charge in [-0.2, -0.15) is 0 Å². The average molecular weight is 487 g/mol. The highest BCUT2D eigenvalue weighted by Crippen LogP contribution is 2.44. The van der Waals surface area contributed by atoms with Crippen molar-refractivity contribution in [3.8, 4) is 0 Å². The number of aryl methyl sites for hydroxylation is 1. The lowest BCUT2D eigenvalue weighted by Gasteiger charge is -2.36. The molecule has 186 valence electrons. The molecule has 0 spiro atoms. The van der Waals surface area contributed by atoms with Gasteiger partial charge in [-0.1, -0.05) is 32.1 Å². The van der Waals surface area contributed by atoms with Crippen molar-refractivity contribution >= 4 is 0 Å². The summed E-state index contributed by atoms with van der Waals surface area (Å²) >= 11 is 0. The largest absolute Gasteiger partial charge is 0.279 e. The molecular weight excluding hydrogens is 457 g/mol. The predicted molar refractivity (Wildman–Crippen MR) is 116 cm³/mol. The minimum Gasteiger partial charge on any atom is -0.206 e. The zero-order valence-corrected chi connectivity index (χ0v) is 19.0. The van der Waals surface area contributed by atoms with Crippen LogP contribution in [0.15, 0.2) is 24.3 Å². The Labute approximate surface area is 195 Å². The van der Waals surface area contributed by atoms with E-state index in [4.69, 9.17) is 0 Å². The zero-order chi connectivity index (χ0) is 24.5. The standard InChI is InChI=1S/C27H29F7/c28-21-14-20(19-8-6-18(7-9-19)17-4-2-1-3-5-17)15-22(29)25(21)27(33,34)11-10-16-12-23(30)26(32)24(31)13-16/h12-15,17-19H,1-11H2. The molecule has 0 aromatic heterocycles. The van der Waals surface area contributed by atoms with Crippen molar-refractivity contribution in [1.29, 1.82) is 0 Å². The molecular formula is C27H29F7. The van der Waals surface area contributed by atoms with Crippen molar-refractivity contribution in [2.75, 3.05) is 0 Å². The number of rotatable bonds is 6. The maximum Gasteiger partial charge on any atom is 0.279 e. The van der Waals surface area contributed by atoms with Gasteiger partial charge in [0.25, 0.3) is 5.92 Å². The van der Waals surface area contributed by atoms with E-state index in [1.807, 2.05) is 0 Å². The smallest absolute Gasteiger partial charge is 0.206 e. The van der Waals surface area contributed by atoms with Crippen LogP contribution in [-0.4, -0.2) is 0 Å². The van der Waals surface area contributed by atoms with Gasteiger partial charge in [-0.3, -0.25) is 0 Å². The minimum atomic E-state index is -3.90. The van der Waals surface area contributed by atoms with Crippen molar-refractivity contribution < 1.29 is 30.7 Å². The first-order chi connectivity index (χ1) is 16.2. The van der Waals surface area contributed by atoms with Crippen LogP contribution in [0.5, 0.6) is 0 Å². The van der Waals surface area contributed by atoms with E-state index in [-0.39, 0.29) is 11.5 Å². The van der Waals surface area contributed by atoms with Gasteiger partial charge in [0.05, 0.1) is 5.56 Å². The van der Waals surface area contributed by atoms with Crippen molar-refractivity contribution in [3.05, 3.63) is 70.0 Å². The van der Waals surface area contributed by atoms with E-state index in [0.29, 0.717) is 23.6 Å². The summed E-state index contributed by atoms with van der Waals surface area (Å²) in [6, 6.07) is 3.23. The van der Waals surface area contributed by atoms with Gasteiger partial charge >= 0.3 is 0 Å². The predicted octanol–water partition coefficient (Wildman–Crippen LogP) is 8.96. The number of alkyl halides is 2. The number of halogens is 7. The first-order valence-corrected chi connectivity index (χ1v) is 12.2. The second kappa shape index (κ2) is 10.3. The summed E-state index contributed by atoms with van der Waals surface area (Å²) in [5.41, 5.74) is -1.15. The quantitative estimate of drug-likeness (QED) is 0.282. The minimum absolute atomic E-state index is 0.0586. The van der Waals surface area contributed by atoms with Crippen LogP contribution in [0.25, 0.3) is 0 Å². The molecule has 2 aliphatic rings. The topological polar surface area (TPSA) is 0 Å². The molecule has 0 aliphatic heterocycles. The van der Waals surface area contributed by atoms with Crippen molar-refractivity contribution in [1.82, 2.24) is 0 Å². The summed E-state index contributed by atoms with van der Waals surface area (Å²) in [6.07, 6.45) is 8.23. The van der Waals surface area contributed by atoms with E-state index in [1.54, 1.807) is 0 Å². The van der Waals surface area contributed by atoms with Crippen LogP contribution in [0.1, 0.15) is 86.8 Å². The van der Waals surface area contributed by atoms with E-state index in [0.717, 1.165) is 43.7 Å². The Morgan fingerprint density at radius 2 is 1.18 bits per heavy atom. The lowest BCUT2D eigenvalue weighted by atomic mass is 9.70. The number of hydrogen-bond acceptors (Lipinski definition) is 0. The SMILES string of the molecule is Fc1cc(CCC(F)(F)c2c(F)cc(C3CCC(C4CCCCC4)CC3)cc2F)cc(F)c1F. The van der Waals surface area contributed by atoms with Crippen LogP contribution in [0, 0.1) is 40.9 Å². The Hall–Kier alpha value is -2.05. The van der Waals surface area contributed by atoms with Gasteiger partial charge in [0.15, 0.2) is 17.5 Å². The lowest BCUT2D eigenvalue weighted by Crippen LogP contribution is -2.23. The van der Waals surface area contributed by atoms with Gasteiger partial charge in [0, 0.05) is 6.42 Å².